The molecule has 0 aliphatic carbocycles. The van der Waals surface area contributed by atoms with Gasteiger partial charge in [0.1, 0.15) is 22.8 Å². The number of rotatable bonds is 5. The van der Waals surface area contributed by atoms with Gasteiger partial charge in [-0.25, -0.2) is 13.8 Å². The van der Waals surface area contributed by atoms with Crippen LogP contribution >= 0.6 is 11.3 Å². The van der Waals surface area contributed by atoms with E-state index in [4.69, 9.17) is 4.74 Å². The third-order valence-corrected chi connectivity index (χ3v) is 5.41. The van der Waals surface area contributed by atoms with Crippen LogP contribution in [0.15, 0.2) is 69.6 Å². The van der Waals surface area contributed by atoms with Gasteiger partial charge in [-0.05, 0) is 60.0 Å². The lowest BCUT2D eigenvalue weighted by Crippen LogP contribution is -2.40. The number of ether oxygens (including phenoxy) is 1. The molecule has 0 spiro atoms. The van der Waals surface area contributed by atoms with Crippen molar-refractivity contribution >= 4 is 33.1 Å². The predicted molar refractivity (Wildman–Crippen MR) is 113 cm³/mol. The number of aromatic nitrogens is 2. The van der Waals surface area contributed by atoms with Gasteiger partial charge in [0.05, 0.1) is 18.3 Å². The predicted octanol–water partition coefficient (Wildman–Crippen LogP) is 3.00. The largest absolute Gasteiger partial charge is 0.497 e. The summed E-state index contributed by atoms with van der Waals surface area (Å²) in [6.45, 7) is -0.292. The second-order valence-corrected chi connectivity index (χ2v) is 7.31. The standard InChI is InChI=1S/C21H16FN3O4S/c1-29-16-8-4-14(5-9-16)23-18(26)12-24-17-10-11-30-19(17)20(27)25(21(24)28)15-6-2-13(22)3-7-15/h2-11H,12H2,1H3,(H,23,26). The zero-order chi connectivity index (χ0) is 21.3. The molecular weight excluding hydrogens is 409 g/mol. The van der Waals surface area contributed by atoms with Crippen LogP contribution in [-0.2, 0) is 11.3 Å². The third kappa shape index (κ3) is 3.62. The summed E-state index contributed by atoms with van der Waals surface area (Å²) >= 11 is 1.17. The number of hydrogen-bond donors (Lipinski definition) is 1. The molecule has 4 rings (SSSR count). The second kappa shape index (κ2) is 7.96. The smallest absolute Gasteiger partial charge is 0.336 e. The van der Waals surface area contributed by atoms with Gasteiger partial charge in [0.25, 0.3) is 5.56 Å². The van der Waals surface area contributed by atoms with Crippen LogP contribution in [0.25, 0.3) is 15.9 Å². The fraction of sp³-hybridized carbons (Fsp3) is 0.0952. The highest BCUT2D eigenvalue weighted by molar-refractivity contribution is 7.17. The Kier molecular flexibility index (Phi) is 5.20. The highest BCUT2D eigenvalue weighted by atomic mass is 32.1. The lowest BCUT2D eigenvalue weighted by Gasteiger charge is -2.12. The van der Waals surface area contributed by atoms with Crippen LogP contribution in [0, 0.1) is 5.82 Å². The van der Waals surface area contributed by atoms with Crippen LogP contribution in [0.3, 0.4) is 0 Å². The van der Waals surface area contributed by atoms with E-state index < -0.39 is 23.0 Å². The molecule has 0 aliphatic rings. The molecule has 0 atom stereocenters. The van der Waals surface area contributed by atoms with E-state index in [2.05, 4.69) is 5.32 Å². The summed E-state index contributed by atoms with van der Waals surface area (Å²) in [6, 6.07) is 13.4. The Bertz CT molecular complexity index is 1340. The quantitative estimate of drug-likeness (QED) is 0.533. The first-order chi connectivity index (χ1) is 14.5. The van der Waals surface area contributed by atoms with Crippen molar-refractivity contribution in [2.45, 2.75) is 6.54 Å². The number of methoxy groups -OCH3 is 1. The summed E-state index contributed by atoms with van der Waals surface area (Å²) in [5, 5.41) is 4.40. The third-order valence-electron chi connectivity index (χ3n) is 4.52. The molecular formula is C21H16FN3O4S. The van der Waals surface area contributed by atoms with Crippen LogP contribution in [0.2, 0.25) is 0 Å². The Balaban J connectivity index is 1.73. The first kappa shape index (κ1) is 19.6. The molecule has 0 unspecified atom stereocenters. The van der Waals surface area contributed by atoms with Crippen molar-refractivity contribution in [1.82, 2.24) is 9.13 Å². The van der Waals surface area contributed by atoms with Crippen molar-refractivity contribution in [2.75, 3.05) is 12.4 Å². The number of halogens is 1. The summed E-state index contributed by atoms with van der Waals surface area (Å²) in [6.07, 6.45) is 0. The minimum atomic E-state index is -0.678. The minimum Gasteiger partial charge on any atom is -0.497 e. The molecule has 30 heavy (non-hydrogen) atoms. The highest BCUT2D eigenvalue weighted by Gasteiger charge is 2.17. The second-order valence-electron chi connectivity index (χ2n) is 6.40. The Labute approximate surface area is 173 Å². The van der Waals surface area contributed by atoms with Gasteiger partial charge < -0.3 is 10.1 Å². The number of nitrogens with one attached hydrogen (secondary N) is 1. The zero-order valence-electron chi connectivity index (χ0n) is 15.8. The van der Waals surface area contributed by atoms with Gasteiger partial charge in [-0.15, -0.1) is 11.3 Å². The molecule has 2 aromatic heterocycles. The van der Waals surface area contributed by atoms with E-state index in [1.807, 2.05) is 0 Å². The number of fused-ring (bicyclic) bond motifs is 1. The van der Waals surface area contributed by atoms with E-state index in [-0.39, 0.29) is 12.2 Å². The van der Waals surface area contributed by atoms with Gasteiger partial charge in [-0.3, -0.25) is 14.2 Å². The molecule has 2 heterocycles. The van der Waals surface area contributed by atoms with E-state index in [1.165, 1.54) is 40.2 Å². The molecule has 1 amide bonds. The van der Waals surface area contributed by atoms with Crippen molar-refractivity contribution in [1.29, 1.82) is 0 Å². The summed E-state index contributed by atoms with van der Waals surface area (Å²) < 4.78 is 20.9. The molecule has 152 valence electrons. The topological polar surface area (TPSA) is 82.3 Å². The van der Waals surface area contributed by atoms with Crippen LogP contribution in [0.5, 0.6) is 5.75 Å². The van der Waals surface area contributed by atoms with E-state index in [1.54, 1.807) is 42.8 Å². The molecule has 0 saturated heterocycles. The van der Waals surface area contributed by atoms with E-state index in [0.717, 1.165) is 4.57 Å². The average Bonchev–Trinajstić information content (AvgIpc) is 3.23. The summed E-state index contributed by atoms with van der Waals surface area (Å²) in [4.78, 5) is 38.5. The fourth-order valence-electron chi connectivity index (χ4n) is 3.08. The summed E-state index contributed by atoms with van der Waals surface area (Å²) in [7, 11) is 1.54. The van der Waals surface area contributed by atoms with Gasteiger partial charge in [0, 0.05) is 5.69 Å². The maximum atomic E-state index is 13.3. The Hall–Kier alpha value is -3.72. The number of thiophene rings is 1. The minimum absolute atomic E-state index is 0.228. The number of carbonyl (C=O) groups excluding carboxylic acids is 1. The highest BCUT2D eigenvalue weighted by Crippen LogP contribution is 2.18. The van der Waals surface area contributed by atoms with Crippen molar-refractivity contribution in [3.63, 3.8) is 0 Å². The molecule has 0 radical (unpaired) electrons. The number of carbonyl (C=O) groups is 1. The number of hydrogen-bond acceptors (Lipinski definition) is 5. The average molecular weight is 425 g/mol. The molecule has 7 nitrogen and oxygen atoms in total. The van der Waals surface area contributed by atoms with Gasteiger partial charge in [0.2, 0.25) is 5.91 Å². The fourth-order valence-corrected chi connectivity index (χ4v) is 3.90. The molecule has 0 fully saturated rings. The summed E-state index contributed by atoms with van der Waals surface area (Å²) in [5.41, 5.74) is -0.0441. The number of nitrogens with zero attached hydrogens (tertiary/aromatic N) is 2. The van der Waals surface area contributed by atoms with Gasteiger partial charge >= 0.3 is 5.69 Å². The number of benzene rings is 2. The Morgan fingerprint density at radius 3 is 2.43 bits per heavy atom. The van der Waals surface area contributed by atoms with Gasteiger partial charge in [-0.1, -0.05) is 0 Å². The first-order valence-corrected chi connectivity index (χ1v) is 9.79. The van der Waals surface area contributed by atoms with Crippen molar-refractivity contribution in [2.24, 2.45) is 0 Å². The van der Waals surface area contributed by atoms with Gasteiger partial charge in [0.15, 0.2) is 0 Å². The first-order valence-electron chi connectivity index (χ1n) is 8.91. The van der Waals surface area contributed by atoms with Crippen LogP contribution in [-0.4, -0.2) is 22.2 Å². The zero-order valence-corrected chi connectivity index (χ0v) is 16.6. The van der Waals surface area contributed by atoms with Crippen LogP contribution < -0.4 is 21.3 Å². The lowest BCUT2D eigenvalue weighted by atomic mass is 10.3. The van der Waals surface area contributed by atoms with E-state index in [0.29, 0.717) is 21.7 Å². The molecule has 0 saturated carbocycles. The number of anilines is 1. The van der Waals surface area contributed by atoms with Gasteiger partial charge in [-0.2, -0.15) is 0 Å². The summed E-state index contributed by atoms with van der Waals surface area (Å²) in [5.74, 6) is -0.266. The maximum Gasteiger partial charge on any atom is 0.336 e. The molecule has 9 heteroatoms. The molecule has 2 aromatic carbocycles. The molecule has 0 bridgehead atoms. The van der Waals surface area contributed by atoms with Crippen LogP contribution in [0.4, 0.5) is 10.1 Å². The number of amides is 1. The van der Waals surface area contributed by atoms with Crippen molar-refractivity contribution < 1.29 is 13.9 Å². The van der Waals surface area contributed by atoms with Crippen molar-refractivity contribution in [3.05, 3.63) is 86.6 Å². The molecule has 1 N–H and O–H groups in total. The van der Waals surface area contributed by atoms with E-state index in [9.17, 15) is 18.8 Å². The molecule has 4 aromatic rings. The SMILES string of the molecule is COc1ccc(NC(=O)Cn2c(=O)n(-c3ccc(F)cc3)c(=O)c3sccc32)cc1. The Morgan fingerprint density at radius 1 is 1.07 bits per heavy atom. The normalized spacial score (nSPS) is 10.9. The van der Waals surface area contributed by atoms with Crippen LogP contribution in [0.1, 0.15) is 0 Å². The maximum absolute atomic E-state index is 13.3. The Morgan fingerprint density at radius 2 is 1.77 bits per heavy atom. The van der Waals surface area contributed by atoms with E-state index >= 15 is 0 Å². The monoisotopic (exact) mass is 425 g/mol. The lowest BCUT2D eigenvalue weighted by molar-refractivity contribution is -0.116. The van der Waals surface area contributed by atoms with Crippen molar-refractivity contribution in [3.8, 4) is 11.4 Å². The molecule has 0 aliphatic heterocycles.